The summed E-state index contributed by atoms with van der Waals surface area (Å²) < 4.78 is 0. The van der Waals surface area contributed by atoms with Crippen LogP contribution in [0.1, 0.15) is 25.5 Å². The molecule has 1 aromatic carbocycles. The molecule has 0 aliphatic rings. The smallest absolute Gasteiger partial charge is 0.236 e. The molecular formula is C13H20N2O. The summed E-state index contributed by atoms with van der Waals surface area (Å²) in [5.74, 6) is 0.130. The van der Waals surface area contributed by atoms with E-state index in [4.69, 9.17) is 0 Å². The maximum absolute atomic E-state index is 11.6. The first-order chi connectivity index (χ1) is 7.65. The van der Waals surface area contributed by atoms with Gasteiger partial charge < -0.3 is 10.2 Å². The van der Waals surface area contributed by atoms with E-state index in [-0.39, 0.29) is 11.9 Å². The first-order valence-corrected chi connectivity index (χ1v) is 5.67. The van der Waals surface area contributed by atoms with Gasteiger partial charge in [-0.3, -0.25) is 4.79 Å². The Bertz CT molecular complexity index is 324. The maximum Gasteiger partial charge on any atom is 0.236 e. The van der Waals surface area contributed by atoms with Gasteiger partial charge in [0.2, 0.25) is 5.91 Å². The van der Waals surface area contributed by atoms with Crippen molar-refractivity contribution in [1.29, 1.82) is 0 Å². The molecule has 88 valence electrons. The molecule has 3 nitrogen and oxygen atoms in total. The van der Waals surface area contributed by atoms with E-state index in [1.54, 1.807) is 4.90 Å². The average Bonchev–Trinajstić information content (AvgIpc) is 2.35. The highest BCUT2D eigenvalue weighted by molar-refractivity contribution is 5.77. The van der Waals surface area contributed by atoms with Crippen LogP contribution in [0.4, 0.5) is 0 Å². The van der Waals surface area contributed by atoms with Gasteiger partial charge in [-0.2, -0.15) is 0 Å². The first-order valence-electron chi connectivity index (χ1n) is 5.67. The molecule has 1 aromatic rings. The highest BCUT2D eigenvalue weighted by Crippen LogP contribution is 2.10. The van der Waals surface area contributed by atoms with Crippen molar-refractivity contribution in [3.8, 4) is 0 Å². The zero-order valence-electron chi connectivity index (χ0n) is 10.2. The van der Waals surface area contributed by atoms with Gasteiger partial charge in [0, 0.05) is 19.6 Å². The summed E-state index contributed by atoms with van der Waals surface area (Å²) in [5.41, 5.74) is 1.20. The molecule has 0 aromatic heterocycles. The van der Waals surface area contributed by atoms with Gasteiger partial charge in [-0.1, -0.05) is 30.3 Å². The number of carbonyl (C=O) groups excluding carboxylic acids is 1. The molecule has 0 heterocycles. The summed E-state index contributed by atoms with van der Waals surface area (Å²) in [6.45, 7) is 5.17. The number of amides is 1. The van der Waals surface area contributed by atoms with Crippen LogP contribution in [-0.2, 0) is 4.79 Å². The molecule has 0 aliphatic carbocycles. The van der Waals surface area contributed by atoms with Gasteiger partial charge in [-0.15, -0.1) is 0 Å². The lowest BCUT2D eigenvalue weighted by atomic mass is 10.1. The summed E-state index contributed by atoms with van der Waals surface area (Å²) in [4.78, 5) is 13.3. The number of likely N-dealkylation sites (N-methyl/N-ethyl adjacent to an activating group) is 1. The number of carbonyl (C=O) groups is 1. The van der Waals surface area contributed by atoms with Crippen LogP contribution in [0.15, 0.2) is 30.3 Å². The summed E-state index contributed by atoms with van der Waals surface area (Å²) in [6, 6.07) is 10.3. The van der Waals surface area contributed by atoms with E-state index in [9.17, 15) is 4.79 Å². The molecule has 1 N–H and O–H groups in total. The highest BCUT2D eigenvalue weighted by Gasteiger charge is 2.09. The minimum absolute atomic E-state index is 0.130. The quantitative estimate of drug-likeness (QED) is 0.821. The second-order valence-electron chi connectivity index (χ2n) is 3.92. The standard InChI is InChI=1S/C13H20N2O/c1-4-15(3)13(16)10-14-11(2)12-8-6-5-7-9-12/h5-9,11,14H,4,10H2,1-3H3/t11-/m1/s1. The van der Waals surface area contributed by atoms with Crippen molar-refractivity contribution in [2.75, 3.05) is 20.1 Å². The summed E-state index contributed by atoms with van der Waals surface area (Å²) in [7, 11) is 1.82. The molecule has 0 saturated heterocycles. The van der Waals surface area contributed by atoms with E-state index in [1.165, 1.54) is 5.56 Å². The minimum Gasteiger partial charge on any atom is -0.345 e. The summed E-state index contributed by atoms with van der Waals surface area (Å²) in [5, 5.41) is 3.22. The number of hydrogen-bond donors (Lipinski definition) is 1. The zero-order chi connectivity index (χ0) is 12.0. The highest BCUT2D eigenvalue weighted by atomic mass is 16.2. The molecule has 0 aliphatic heterocycles. The van der Waals surface area contributed by atoms with E-state index < -0.39 is 0 Å². The summed E-state index contributed by atoms with van der Waals surface area (Å²) >= 11 is 0. The third-order valence-corrected chi connectivity index (χ3v) is 2.76. The van der Waals surface area contributed by atoms with Crippen molar-refractivity contribution < 1.29 is 4.79 Å². The van der Waals surface area contributed by atoms with Crippen molar-refractivity contribution in [2.45, 2.75) is 19.9 Å². The van der Waals surface area contributed by atoms with Crippen LogP contribution in [0, 0.1) is 0 Å². The second kappa shape index (κ2) is 6.28. The van der Waals surface area contributed by atoms with Gasteiger partial charge in [0.1, 0.15) is 0 Å². The van der Waals surface area contributed by atoms with Crippen molar-refractivity contribution >= 4 is 5.91 Å². The minimum atomic E-state index is 0.130. The Hall–Kier alpha value is -1.35. The van der Waals surface area contributed by atoms with Gasteiger partial charge in [-0.05, 0) is 19.4 Å². The largest absolute Gasteiger partial charge is 0.345 e. The second-order valence-corrected chi connectivity index (χ2v) is 3.92. The van der Waals surface area contributed by atoms with Crippen LogP contribution in [-0.4, -0.2) is 30.9 Å². The topological polar surface area (TPSA) is 32.3 Å². The van der Waals surface area contributed by atoms with E-state index in [0.29, 0.717) is 6.54 Å². The van der Waals surface area contributed by atoms with Crippen molar-refractivity contribution in [2.24, 2.45) is 0 Å². The third kappa shape index (κ3) is 3.66. The van der Waals surface area contributed by atoms with E-state index in [2.05, 4.69) is 24.4 Å². The molecular weight excluding hydrogens is 200 g/mol. The average molecular weight is 220 g/mol. The number of hydrogen-bond acceptors (Lipinski definition) is 2. The van der Waals surface area contributed by atoms with Gasteiger partial charge >= 0.3 is 0 Å². The monoisotopic (exact) mass is 220 g/mol. The van der Waals surface area contributed by atoms with Gasteiger partial charge in [0.25, 0.3) is 0 Å². The van der Waals surface area contributed by atoms with Crippen LogP contribution >= 0.6 is 0 Å². The van der Waals surface area contributed by atoms with Crippen LogP contribution in [0.2, 0.25) is 0 Å². The molecule has 0 saturated carbocycles. The predicted molar refractivity (Wildman–Crippen MR) is 66.2 cm³/mol. The Kier molecular flexibility index (Phi) is 4.99. The van der Waals surface area contributed by atoms with Crippen molar-refractivity contribution in [3.63, 3.8) is 0 Å². The lowest BCUT2D eigenvalue weighted by Gasteiger charge is -2.18. The maximum atomic E-state index is 11.6. The third-order valence-electron chi connectivity index (χ3n) is 2.76. The summed E-state index contributed by atoms with van der Waals surface area (Å²) in [6.07, 6.45) is 0. The van der Waals surface area contributed by atoms with Gasteiger partial charge in [0.05, 0.1) is 6.54 Å². The number of nitrogens with zero attached hydrogens (tertiary/aromatic N) is 1. The molecule has 0 unspecified atom stereocenters. The van der Waals surface area contributed by atoms with Crippen LogP contribution in [0.5, 0.6) is 0 Å². The molecule has 16 heavy (non-hydrogen) atoms. The molecule has 3 heteroatoms. The first kappa shape index (κ1) is 12.7. The van der Waals surface area contributed by atoms with Crippen molar-refractivity contribution in [1.82, 2.24) is 10.2 Å². The molecule has 0 radical (unpaired) electrons. The van der Waals surface area contributed by atoms with E-state index in [0.717, 1.165) is 6.54 Å². The number of benzene rings is 1. The molecule has 1 amide bonds. The molecule has 1 rings (SSSR count). The molecule has 0 fully saturated rings. The molecule has 1 atom stereocenters. The lowest BCUT2D eigenvalue weighted by molar-refractivity contribution is -0.128. The molecule has 0 spiro atoms. The Morgan fingerprint density at radius 3 is 2.56 bits per heavy atom. The molecule has 0 bridgehead atoms. The van der Waals surface area contributed by atoms with Crippen LogP contribution in [0.25, 0.3) is 0 Å². The fourth-order valence-corrected chi connectivity index (χ4v) is 1.41. The van der Waals surface area contributed by atoms with Crippen LogP contribution < -0.4 is 5.32 Å². The Morgan fingerprint density at radius 1 is 1.38 bits per heavy atom. The zero-order valence-corrected chi connectivity index (χ0v) is 10.2. The van der Waals surface area contributed by atoms with Crippen molar-refractivity contribution in [3.05, 3.63) is 35.9 Å². The van der Waals surface area contributed by atoms with Crippen LogP contribution in [0.3, 0.4) is 0 Å². The van der Waals surface area contributed by atoms with Gasteiger partial charge in [0.15, 0.2) is 0 Å². The Morgan fingerprint density at radius 2 is 2.00 bits per heavy atom. The normalized spacial score (nSPS) is 12.2. The van der Waals surface area contributed by atoms with E-state index in [1.807, 2.05) is 32.2 Å². The predicted octanol–water partition coefficient (Wildman–Crippen LogP) is 1.82. The number of rotatable bonds is 5. The Labute approximate surface area is 97.5 Å². The fourth-order valence-electron chi connectivity index (χ4n) is 1.41. The Balaban J connectivity index is 2.42. The SMILES string of the molecule is CCN(C)C(=O)CN[C@H](C)c1ccccc1. The van der Waals surface area contributed by atoms with E-state index >= 15 is 0 Å². The fraction of sp³-hybridized carbons (Fsp3) is 0.462. The lowest BCUT2D eigenvalue weighted by Crippen LogP contribution is -2.36. The van der Waals surface area contributed by atoms with Gasteiger partial charge in [-0.25, -0.2) is 0 Å². The number of nitrogens with one attached hydrogen (secondary N) is 1.